The van der Waals surface area contributed by atoms with Crippen molar-refractivity contribution in [3.63, 3.8) is 0 Å². The van der Waals surface area contributed by atoms with Gasteiger partial charge in [0.15, 0.2) is 0 Å². The highest BCUT2D eigenvalue weighted by Gasteiger charge is 2.20. The fraction of sp³-hybridized carbons (Fsp3) is 0.538. The molecule has 0 bridgehead atoms. The lowest BCUT2D eigenvalue weighted by Gasteiger charge is -2.27. The number of hydrogen-bond donors (Lipinski definition) is 2. The summed E-state index contributed by atoms with van der Waals surface area (Å²) >= 11 is 0. The number of halogens is 2. The van der Waals surface area contributed by atoms with Gasteiger partial charge in [-0.15, -0.1) is 0 Å². The highest BCUT2D eigenvalue weighted by Crippen LogP contribution is 2.19. The Morgan fingerprint density at radius 2 is 1.94 bits per heavy atom. The molecule has 0 aliphatic rings. The Hall–Kier alpha value is -1.04. The number of aliphatic hydroxyl groups is 2. The summed E-state index contributed by atoms with van der Waals surface area (Å²) in [5, 5.41) is 19.5. The third kappa shape index (κ3) is 4.68. The van der Waals surface area contributed by atoms with Crippen LogP contribution in [0.15, 0.2) is 18.2 Å². The lowest BCUT2D eigenvalue weighted by molar-refractivity contribution is 0.0279. The van der Waals surface area contributed by atoms with Gasteiger partial charge >= 0.3 is 0 Å². The summed E-state index contributed by atoms with van der Waals surface area (Å²) in [5.74, 6) is -1.23. The van der Waals surface area contributed by atoms with Crippen molar-refractivity contribution in [1.29, 1.82) is 0 Å². The van der Waals surface area contributed by atoms with Crippen molar-refractivity contribution < 1.29 is 19.0 Å². The van der Waals surface area contributed by atoms with Crippen LogP contribution in [0.5, 0.6) is 0 Å². The van der Waals surface area contributed by atoms with Gasteiger partial charge in [-0.2, -0.15) is 0 Å². The summed E-state index contributed by atoms with van der Waals surface area (Å²) in [6.07, 6.45) is -1.13. The van der Waals surface area contributed by atoms with Crippen LogP contribution in [0.3, 0.4) is 0 Å². The van der Waals surface area contributed by atoms with Gasteiger partial charge in [0.1, 0.15) is 11.6 Å². The van der Waals surface area contributed by atoms with Gasteiger partial charge in [0, 0.05) is 18.7 Å². The maximum absolute atomic E-state index is 13.4. The first-order chi connectivity index (χ1) is 8.19. The highest BCUT2D eigenvalue weighted by atomic mass is 19.1. The van der Waals surface area contributed by atoms with E-state index in [-0.39, 0.29) is 12.1 Å². The zero-order chi connectivity index (χ0) is 13.9. The van der Waals surface area contributed by atoms with Gasteiger partial charge in [-0.05, 0) is 39.1 Å². The molecule has 1 unspecified atom stereocenters. The lowest BCUT2D eigenvalue weighted by Crippen LogP contribution is -2.38. The molecule has 2 N–H and O–H groups in total. The van der Waals surface area contributed by atoms with E-state index in [4.69, 9.17) is 0 Å². The molecule has 1 rings (SSSR count). The first-order valence-electron chi connectivity index (χ1n) is 5.73. The quantitative estimate of drug-likeness (QED) is 0.846. The van der Waals surface area contributed by atoms with E-state index in [9.17, 15) is 19.0 Å². The first-order valence-corrected chi connectivity index (χ1v) is 5.73. The number of aliphatic hydroxyl groups excluding tert-OH is 1. The second kappa shape index (κ2) is 5.73. The van der Waals surface area contributed by atoms with Gasteiger partial charge in [0.2, 0.25) is 0 Å². The minimum absolute atomic E-state index is 0.0717. The second-order valence-electron chi connectivity index (χ2n) is 5.19. The predicted octanol–water partition coefficient (Wildman–Crippen LogP) is 1.70. The maximum Gasteiger partial charge on any atom is 0.129 e. The van der Waals surface area contributed by atoms with Gasteiger partial charge in [-0.3, -0.25) is 0 Å². The van der Waals surface area contributed by atoms with Crippen LogP contribution >= 0.6 is 0 Å². The average Bonchev–Trinajstić information content (AvgIpc) is 2.18. The van der Waals surface area contributed by atoms with E-state index in [0.717, 1.165) is 18.2 Å². The average molecular weight is 259 g/mol. The molecule has 3 nitrogen and oxygen atoms in total. The molecule has 1 aromatic rings. The van der Waals surface area contributed by atoms with Gasteiger partial charge in [0.05, 0.1) is 11.7 Å². The minimum Gasteiger partial charge on any atom is -0.389 e. The van der Waals surface area contributed by atoms with E-state index in [1.165, 1.54) is 0 Å². The van der Waals surface area contributed by atoms with Crippen LogP contribution in [-0.2, 0) is 0 Å². The molecular formula is C13H19F2NO2. The Morgan fingerprint density at radius 1 is 1.33 bits per heavy atom. The van der Waals surface area contributed by atoms with Gasteiger partial charge < -0.3 is 15.1 Å². The second-order valence-corrected chi connectivity index (χ2v) is 5.19. The van der Waals surface area contributed by atoms with Crippen molar-refractivity contribution in [1.82, 2.24) is 4.90 Å². The van der Waals surface area contributed by atoms with E-state index in [1.54, 1.807) is 25.8 Å². The van der Waals surface area contributed by atoms with Crippen LogP contribution < -0.4 is 0 Å². The van der Waals surface area contributed by atoms with E-state index in [1.807, 2.05) is 0 Å². The van der Waals surface area contributed by atoms with E-state index < -0.39 is 23.3 Å². The third-order valence-electron chi connectivity index (χ3n) is 2.46. The molecule has 0 fully saturated rings. The molecule has 5 heteroatoms. The van der Waals surface area contributed by atoms with Gasteiger partial charge in [-0.1, -0.05) is 0 Å². The summed E-state index contributed by atoms with van der Waals surface area (Å²) in [4.78, 5) is 1.66. The fourth-order valence-corrected chi connectivity index (χ4v) is 1.89. The summed E-state index contributed by atoms with van der Waals surface area (Å²) in [6.45, 7) is 3.71. The Balaban J connectivity index is 2.70. The Labute approximate surface area is 106 Å². The zero-order valence-electron chi connectivity index (χ0n) is 10.8. The Morgan fingerprint density at radius 3 is 2.50 bits per heavy atom. The molecule has 0 amide bonds. The van der Waals surface area contributed by atoms with Crippen molar-refractivity contribution in [2.24, 2.45) is 0 Å². The van der Waals surface area contributed by atoms with Crippen LogP contribution in [-0.4, -0.2) is 40.9 Å². The molecule has 1 aromatic carbocycles. The number of benzene rings is 1. The fourth-order valence-electron chi connectivity index (χ4n) is 1.89. The predicted molar refractivity (Wildman–Crippen MR) is 65.1 cm³/mol. The number of nitrogens with zero attached hydrogens (tertiary/aromatic N) is 1. The summed E-state index contributed by atoms with van der Waals surface area (Å²) in [5.41, 5.74) is -0.979. The summed E-state index contributed by atoms with van der Waals surface area (Å²) < 4.78 is 26.4. The maximum atomic E-state index is 13.4. The molecule has 102 valence electrons. The van der Waals surface area contributed by atoms with Crippen molar-refractivity contribution in [2.75, 3.05) is 20.1 Å². The smallest absolute Gasteiger partial charge is 0.129 e. The largest absolute Gasteiger partial charge is 0.389 e. The molecule has 1 atom stereocenters. The molecule has 0 spiro atoms. The molecule has 18 heavy (non-hydrogen) atoms. The topological polar surface area (TPSA) is 43.7 Å². The van der Waals surface area contributed by atoms with Crippen LogP contribution in [0.4, 0.5) is 8.78 Å². The molecule has 0 saturated carbocycles. The first kappa shape index (κ1) is 15.0. The number of likely N-dealkylation sites (N-methyl/N-ethyl adjacent to an activating group) is 1. The molecule has 0 aliphatic heterocycles. The van der Waals surface area contributed by atoms with Crippen molar-refractivity contribution in [3.05, 3.63) is 35.4 Å². The van der Waals surface area contributed by atoms with Crippen LogP contribution in [0.2, 0.25) is 0 Å². The van der Waals surface area contributed by atoms with Crippen LogP contribution in [0.25, 0.3) is 0 Å². The highest BCUT2D eigenvalue weighted by molar-refractivity contribution is 5.21. The molecule has 0 aliphatic carbocycles. The third-order valence-corrected chi connectivity index (χ3v) is 2.46. The molecule has 0 aromatic heterocycles. The number of rotatable bonds is 5. The zero-order valence-corrected chi connectivity index (χ0v) is 10.8. The SMILES string of the molecule is CN(CC(O)c1cc(F)ccc1F)CC(C)(C)O. The summed E-state index contributed by atoms with van der Waals surface area (Å²) in [7, 11) is 1.69. The molecular weight excluding hydrogens is 240 g/mol. The van der Waals surface area contributed by atoms with E-state index in [2.05, 4.69) is 0 Å². The monoisotopic (exact) mass is 259 g/mol. The lowest BCUT2D eigenvalue weighted by atomic mass is 10.1. The van der Waals surface area contributed by atoms with Crippen LogP contribution in [0.1, 0.15) is 25.5 Å². The van der Waals surface area contributed by atoms with Crippen LogP contribution in [0, 0.1) is 11.6 Å². The van der Waals surface area contributed by atoms with Crippen molar-refractivity contribution >= 4 is 0 Å². The molecule has 0 heterocycles. The van der Waals surface area contributed by atoms with E-state index in [0.29, 0.717) is 6.54 Å². The molecule has 0 saturated heterocycles. The van der Waals surface area contributed by atoms with E-state index >= 15 is 0 Å². The van der Waals surface area contributed by atoms with Gasteiger partial charge in [0.25, 0.3) is 0 Å². The van der Waals surface area contributed by atoms with Gasteiger partial charge in [-0.25, -0.2) is 8.78 Å². The Bertz CT molecular complexity index is 404. The Kier molecular flexibility index (Phi) is 4.78. The van der Waals surface area contributed by atoms with Crippen molar-refractivity contribution in [2.45, 2.75) is 25.6 Å². The van der Waals surface area contributed by atoms with Crippen molar-refractivity contribution in [3.8, 4) is 0 Å². The number of hydrogen-bond acceptors (Lipinski definition) is 3. The summed E-state index contributed by atoms with van der Waals surface area (Å²) in [6, 6.07) is 2.98. The molecule has 0 radical (unpaired) electrons. The minimum atomic E-state index is -1.13. The standard InChI is InChI=1S/C13H19F2NO2/c1-13(2,18)8-16(3)7-12(17)10-6-9(14)4-5-11(10)15/h4-6,12,17-18H,7-8H2,1-3H3. The normalized spacial score (nSPS) is 14.0.